The molecule has 0 aliphatic heterocycles. The van der Waals surface area contributed by atoms with Crippen molar-refractivity contribution in [1.29, 1.82) is 0 Å². The number of aromatic amines is 1. The number of para-hydroxylation sites is 1. The first-order valence-corrected chi connectivity index (χ1v) is 6.83. The number of nitrogens with one attached hydrogen (secondary N) is 2. The van der Waals surface area contributed by atoms with E-state index in [2.05, 4.69) is 22.1 Å². The smallest absolute Gasteiger partial charge is 0.254 e. The maximum atomic E-state index is 13.4. The molecular weight excluding hydrogens is 279 g/mol. The summed E-state index contributed by atoms with van der Waals surface area (Å²) in [4.78, 5) is 15.2. The van der Waals surface area contributed by atoms with Crippen molar-refractivity contribution in [2.45, 2.75) is 0 Å². The molecule has 0 saturated carbocycles. The molecule has 0 aliphatic carbocycles. The zero-order valence-electron chi connectivity index (χ0n) is 11.7. The molecular formula is C18H13FN2O. The molecule has 108 valence electrons. The lowest BCUT2D eigenvalue weighted by Gasteiger charge is -1.99. The first-order chi connectivity index (χ1) is 10.8. The summed E-state index contributed by atoms with van der Waals surface area (Å²) in [7, 11) is 0. The molecule has 0 bridgehead atoms. The van der Waals surface area contributed by atoms with Gasteiger partial charge in [-0.1, -0.05) is 42.2 Å². The Morgan fingerprint density at radius 2 is 1.91 bits per heavy atom. The second kappa shape index (κ2) is 6.15. The highest BCUT2D eigenvalue weighted by atomic mass is 19.1. The fourth-order valence-electron chi connectivity index (χ4n) is 2.18. The van der Waals surface area contributed by atoms with Gasteiger partial charge in [0.2, 0.25) is 0 Å². The number of aromatic nitrogens is 1. The first-order valence-electron chi connectivity index (χ1n) is 6.83. The lowest BCUT2D eigenvalue weighted by molar-refractivity contribution is 0.0960. The summed E-state index contributed by atoms with van der Waals surface area (Å²) in [5.74, 6) is 4.88. The van der Waals surface area contributed by atoms with E-state index in [1.54, 1.807) is 24.4 Å². The maximum Gasteiger partial charge on any atom is 0.254 e. The quantitative estimate of drug-likeness (QED) is 0.700. The molecule has 0 radical (unpaired) electrons. The Hall–Kier alpha value is -3.06. The number of benzene rings is 2. The van der Waals surface area contributed by atoms with Gasteiger partial charge in [-0.15, -0.1) is 0 Å². The van der Waals surface area contributed by atoms with Crippen LogP contribution in [0.15, 0.2) is 54.7 Å². The Balaban J connectivity index is 1.68. The number of halogens is 1. The fraction of sp³-hybridized carbons (Fsp3) is 0.0556. The second-order valence-corrected chi connectivity index (χ2v) is 4.71. The van der Waals surface area contributed by atoms with Crippen molar-refractivity contribution >= 4 is 16.8 Å². The third-order valence-corrected chi connectivity index (χ3v) is 3.27. The number of fused-ring (bicyclic) bond motifs is 1. The van der Waals surface area contributed by atoms with E-state index in [1.807, 2.05) is 24.3 Å². The Labute approximate surface area is 127 Å². The maximum absolute atomic E-state index is 13.4. The number of amides is 1. The van der Waals surface area contributed by atoms with E-state index in [9.17, 15) is 9.18 Å². The topological polar surface area (TPSA) is 44.9 Å². The molecule has 4 heteroatoms. The summed E-state index contributed by atoms with van der Waals surface area (Å²) >= 11 is 0. The van der Waals surface area contributed by atoms with Crippen LogP contribution >= 0.6 is 0 Å². The summed E-state index contributed by atoms with van der Waals surface area (Å²) in [5.41, 5.74) is 1.80. The van der Waals surface area contributed by atoms with Crippen molar-refractivity contribution in [1.82, 2.24) is 10.3 Å². The van der Waals surface area contributed by atoms with E-state index >= 15 is 0 Å². The first kappa shape index (κ1) is 13.9. The number of rotatable bonds is 2. The van der Waals surface area contributed by atoms with Crippen molar-refractivity contribution in [2.75, 3.05) is 6.54 Å². The van der Waals surface area contributed by atoms with E-state index in [4.69, 9.17) is 0 Å². The molecule has 2 N–H and O–H groups in total. The molecule has 3 aromatic rings. The summed E-state index contributed by atoms with van der Waals surface area (Å²) in [6.45, 7) is 0.159. The van der Waals surface area contributed by atoms with E-state index < -0.39 is 0 Å². The standard InChI is InChI=1S/C18H13FN2O/c19-16-9-3-1-6-13(16)7-5-11-20-18(22)15-12-21-17-10-4-2-8-14(15)17/h1-4,6,8-10,12,21H,11H2,(H,20,22). The van der Waals surface area contributed by atoms with Gasteiger partial charge in [-0.25, -0.2) is 4.39 Å². The summed E-state index contributed by atoms with van der Waals surface area (Å²) in [6.07, 6.45) is 1.67. The van der Waals surface area contributed by atoms with Crippen molar-refractivity contribution in [3.05, 3.63) is 71.7 Å². The zero-order chi connectivity index (χ0) is 15.4. The molecule has 22 heavy (non-hydrogen) atoms. The van der Waals surface area contributed by atoms with Gasteiger partial charge >= 0.3 is 0 Å². The van der Waals surface area contributed by atoms with Gasteiger partial charge in [-0.3, -0.25) is 4.79 Å². The monoisotopic (exact) mass is 292 g/mol. The molecule has 0 aliphatic rings. The van der Waals surface area contributed by atoms with Crippen LogP contribution in [0.2, 0.25) is 0 Å². The molecule has 0 saturated heterocycles. The van der Waals surface area contributed by atoms with E-state index in [0.29, 0.717) is 11.1 Å². The van der Waals surface area contributed by atoms with E-state index in [-0.39, 0.29) is 18.3 Å². The van der Waals surface area contributed by atoms with Crippen LogP contribution in [0, 0.1) is 17.7 Å². The summed E-state index contributed by atoms with van der Waals surface area (Å²) in [5, 5.41) is 3.57. The van der Waals surface area contributed by atoms with Gasteiger partial charge in [-0.2, -0.15) is 0 Å². The predicted molar refractivity (Wildman–Crippen MR) is 83.9 cm³/mol. The number of hydrogen-bond acceptors (Lipinski definition) is 1. The summed E-state index contributed by atoms with van der Waals surface area (Å²) in [6, 6.07) is 13.9. The van der Waals surface area contributed by atoms with Crippen molar-refractivity contribution in [3.8, 4) is 11.8 Å². The molecule has 3 rings (SSSR count). The molecule has 1 heterocycles. The van der Waals surface area contributed by atoms with E-state index in [1.165, 1.54) is 6.07 Å². The molecule has 2 aromatic carbocycles. The van der Waals surface area contributed by atoms with Crippen LogP contribution in [0.1, 0.15) is 15.9 Å². The van der Waals surface area contributed by atoms with Gasteiger partial charge in [0.25, 0.3) is 5.91 Å². The van der Waals surface area contributed by atoms with Crippen LogP contribution in [0.5, 0.6) is 0 Å². The Bertz CT molecular complexity index is 886. The normalized spacial score (nSPS) is 10.0. The van der Waals surface area contributed by atoms with E-state index in [0.717, 1.165) is 10.9 Å². The Morgan fingerprint density at radius 3 is 2.77 bits per heavy atom. The van der Waals surface area contributed by atoms with Gasteiger partial charge < -0.3 is 10.3 Å². The molecule has 1 aromatic heterocycles. The van der Waals surface area contributed by atoms with Crippen LogP contribution in [0.3, 0.4) is 0 Å². The van der Waals surface area contributed by atoms with Crippen molar-refractivity contribution in [3.63, 3.8) is 0 Å². The molecule has 0 unspecified atom stereocenters. The SMILES string of the molecule is O=C(NCC#Cc1ccccc1F)c1c[nH]c2ccccc12. The van der Waals surface area contributed by atoms with Gasteiger partial charge in [0.15, 0.2) is 0 Å². The van der Waals surface area contributed by atoms with Gasteiger partial charge in [0, 0.05) is 17.1 Å². The third kappa shape index (κ3) is 2.84. The number of carbonyl (C=O) groups is 1. The molecule has 1 amide bonds. The van der Waals surface area contributed by atoms with Crippen LogP contribution in [-0.4, -0.2) is 17.4 Å². The molecule has 3 nitrogen and oxygen atoms in total. The Kier molecular flexibility index (Phi) is 3.88. The number of H-pyrrole nitrogens is 1. The second-order valence-electron chi connectivity index (χ2n) is 4.71. The Morgan fingerprint density at radius 1 is 1.14 bits per heavy atom. The molecule has 0 fully saturated rings. The highest BCUT2D eigenvalue weighted by Crippen LogP contribution is 2.17. The third-order valence-electron chi connectivity index (χ3n) is 3.27. The average Bonchev–Trinajstić information content (AvgIpc) is 2.97. The number of carbonyl (C=O) groups excluding carboxylic acids is 1. The largest absolute Gasteiger partial charge is 0.360 e. The highest BCUT2D eigenvalue weighted by Gasteiger charge is 2.10. The predicted octanol–water partition coefficient (Wildman–Crippen LogP) is 3.09. The van der Waals surface area contributed by atoms with Crippen LogP contribution in [0.25, 0.3) is 10.9 Å². The van der Waals surface area contributed by atoms with Gasteiger partial charge in [0.05, 0.1) is 17.7 Å². The summed E-state index contributed by atoms with van der Waals surface area (Å²) < 4.78 is 13.4. The zero-order valence-corrected chi connectivity index (χ0v) is 11.7. The fourth-order valence-corrected chi connectivity index (χ4v) is 2.18. The van der Waals surface area contributed by atoms with Crippen LogP contribution in [0.4, 0.5) is 4.39 Å². The van der Waals surface area contributed by atoms with Gasteiger partial charge in [-0.05, 0) is 18.2 Å². The lowest BCUT2D eigenvalue weighted by Crippen LogP contribution is -2.23. The van der Waals surface area contributed by atoms with Gasteiger partial charge in [0.1, 0.15) is 5.82 Å². The number of hydrogen-bond donors (Lipinski definition) is 2. The lowest BCUT2D eigenvalue weighted by atomic mass is 10.1. The molecule has 0 spiro atoms. The minimum absolute atomic E-state index is 0.159. The van der Waals surface area contributed by atoms with Crippen molar-refractivity contribution < 1.29 is 9.18 Å². The highest BCUT2D eigenvalue weighted by molar-refractivity contribution is 6.06. The van der Waals surface area contributed by atoms with Crippen LogP contribution in [-0.2, 0) is 0 Å². The van der Waals surface area contributed by atoms with Crippen molar-refractivity contribution in [2.24, 2.45) is 0 Å². The average molecular weight is 292 g/mol. The van der Waals surface area contributed by atoms with Crippen LogP contribution < -0.4 is 5.32 Å². The minimum Gasteiger partial charge on any atom is -0.360 e. The molecule has 0 atom stereocenters. The minimum atomic E-state index is -0.363.